The first-order chi connectivity index (χ1) is 14.5. The topological polar surface area (TPSA) is 97.3 Å². The van der Waals surface area contributed by atoms with E-state index >= 15 is 0 Å². The lowest BCUT2D eigenvalue weighted by atomic mass is 10.2. The molecule has 0 bridgehead atoms. The molecule has 1 aromatic carbocycles. The number of methoxy groups -OCH3 is 1. The van der Waals surface area contributed by atoms with Gasteiger partial charge in [-0.3, -0.25) is 4.98 Å². The number of rotatable bonds is 6. The molecule has 0 unspecified atom stereocenters. The van der Waals surface area contributed by atoms with Crippen molar-refractivity contribution < 1.29 is 17.5 Å². The van der Waals surface area contributed by atoms with Crippen LogP contribution in [0, 0.1) is 5.82 Å². The molecule has 3 aromatic rings. The van der Waals surface area contributed by atoms with Crippen LogP contribution in [0.5, 0.6) is 5.75 Å². The van der Waals surface area contributed by atoms with E-state index in [9.17, 15) is 12.8 Å². The summed E-state index contributed by atoms with van der Waals surface area (Å²) in [6.07, 6.45) is 5.98. The van der Waals surface area contributed by atoms with E-state index < -0.39 is 21.9 Å². The molecule has 0 radical (unpaired) electrons. The molecule has 1 aliphatic rings. The first-order valence-electron chi connectivity index (χ1n) is 9.34. The molecule has 0 saturated carbocycles. The number of sulfonamides is 1. The maximum Gasteiger partial charge on any atom is 0.247 e. The fraction of sp³-hybridized carbons (Fsp3) is 0.250. The van der Waals surface area contributed by atoms with Gasteiger partial charge in [-0.25, -0.2) is 22.8 Å². The fourth-order valence-corrected chi connectivity index (χ4v) is 5.31. The van der Waals surface area contributed by atoms with Gasteiger partial charge < -0.3 is 10.1 Å². The van der Waals surface area contributed by atoms with Crippen LogP contribution in [0.4, 0.5) is 16.0 Å². The number of benzene rings is 1. The fourth-order valence-electron chi connectivity index (χ4n) is 3.47. The van der Waals surface area contributed by atoms with Gasteiger partial charge in [0.25, 0.3) is 0 Å². The van der Waals surface area contributed by atoms with Gasteiger partial charge in [-0.15, -0.1) is 0 Å². The van der Waals surface area contributed by atoms with Crippen LogP contribution >= 0.6 is 0 Å². The van der Waals surface area contributed by atoms with Crippen LogP contribution in [-0.2, 0) is 10.0 Å². The molecule has 0 amide bonds. The van der Waals surface area contributed by atoms with Gasteiger partial charge in [-0.2, -0.15) is 4.31 Å². The lowest BCUT2D eigenvalue weighted by molar-refractivity contribution is 0.376. The third kappa shape index (κ3) is 3.96. The van der Waals surface area contributed by atoms with Gasteiger partial charge >= 0.3 is 0 Å². The molecule has 30 heavy (non-hydrogen) atoms. The van der Waals surface area contributed by atoms with E-state index in [2.05, 4.69) is 20.3 Å². The van der Waals surface area contributed by atoms with E-state index in [1.165, 1.54) is 17.5 Å². The van der Waals surface area contributed by atoms with Crippen molar-refractivity contribution >= 4 is 21.7 Å². The Morgan fingerprint density at radius 2 is 2.07 bits per heavy atom. The molecule has 2 aromatic heterocycles. The Balaban J connectivity index is 1.66. The molecule has 10 heteroatoms. The van der Waals surface area contributed by atoms with Gasteiger partial charge in [-0.1, -0.05) is 6.07 Å². The minimum atomic E-state index is -4.01. The maximum absolute atomic E-state index is 13.8. The second-order valence-electron chi connectivity index (χ2n) is 6.74. The Hall–Kier alpha value is -3.11. The van der Waals surface area contributed by atoms with Crippen LogP contribution < -0.4 is 10.1 Å². The van der Waals surface area contributed by atoms with Gasteiger partial charge in [0.2, 0.25) is 10.0 Å². The Kier molecular flexibility index (Phi) is 5.60. The van der Waals surface area contributed by atoms with Crippen molar-refractivity contribution in [2.75, 3.05) is 19.0 Å². The average molecular weight is 429 g/mol. The van der Waals surface area contributed by atoms with E-state index in [1.54, 1.807) is 30.7 Å². The van der Waals surface area contributed by atoms with E-state index in [0.717, 1.165) is 12.1 Å². The summed E-state index contributed by atoms with van der Waals surface area (Å²) in [4.78, 5) is 12.7. The highest BCUT2D eigenvalue weighted by atomic mass is 32.2. The van der Waals surface area contributed by atoms with Gasteiger partial charge in [0.05, 0.1) is 31.2 Å². The number of hydrogen-bond acceptors (Lipinski definition) is 7. The Morgan fingerprint density at radius 3 is 2.83 bits per heavy atom. The zero-order valence-corrected chi connectivity index (χ0v) is 17.0. The summed E-state index contributed by atoms with van der Waals surface area (Å²) in [5.41, 5.74) is 0.507. The van der Waals surface area contributed by atoms with Crippen molar-refractivity contribution in [1.82, 2.24) is 19.3 Å². The minimum Gasteiger partial charge on any atom is -0.495 e. The summed E-state index contributed by atoms with van der Waals surface area (Å²) in [7, 11) is -2.65. The van der Waals surface area contributed by atoms with E-state index in [-0.39, 0.29) is 10.6 Å². The number of anilines is 2. The van der Waals surface area contributed by atoms with Crippen LogP contribution in [0.25, 0.3) is 0 Å². The van der Waals surface area contributed by atoms with Crippen LogP contribution in [0.1, 0.15) is 24.6 Å². The smallest absolute Gasteiger partial charge is 0.247 e. The van der Waals surface area contributed by atoms with E-state index in [4.69, 9.17) is 4.74 Å². The molecule has 156 valence electrons. The van der Waals surface area contributed by atoms with Gasteiger partial charge in [-0.05, 0) is 43.2 Å². The quantitative estimate of drug-likeness (QED) is 0.642. The second kappa shape index (κ2) is 8.33. The van der Waals surface area contributed by atoms with Crippen LogP contribution in [0.15, 0.2) is 59.9 Å². The van der Waals surface area contributed by atoms with Gasteiger partial charge in [0.15, 0.2) is 0 Å². The highest BCUT2D eigenvalue weighted by Gasteiger charge is 2.38. The molecular formula is C20H20FN5O3S. The monoisotopic (exact) mass is 429 g/mol. The molecule has 1 fully saturated rings. The highest BCUT2D eigenvalue weighted by Crippen LogP contribution is 2.38. The highest BCUT2D eigenvalue weighted by molar-refractivity contribution is 7.89. The predicted molar refractivity (Wildman–Crippen MR) is 108 cm³/mol. The molecule has 1 atom stereocenters. The zero-order chi connectivity index (χ0) is 21.1. The average Bonchev–Trinajstić information content (AvgIpc) is 3.26. The molecule has 4 rings (SSSR count). The SMILES string of the molecule is COc1ccc(F)cc1S(=O)(=O)N1CCC[C@@H]1c1cncc(Nc2ccccn2)n1. The summed E-state index contributed by atoms with van der Waals surface area (Å²) >= 11 is 0. The van der Waals surface area contributed by atoms with Gasteiger partial charge in [0, 0.05) is 12.7 Å². The van der Waals surface area contributed by atoms with Crippen molar-refractivity contribution in [3.8, 4) is 5.75 Å². The van der Waals surface area contributed by atoms with Crippen LogP contribution in [-0.4, -0.2) is 41.3 Å². The zero-order valence-electron chi connectivity index (χ0n) is 16.2. The first kappa shape index (κ1) is 20.2. The van der Waals surface area contributed by atoms with Crippen molar-refractivity contribution in [1.29, 1.82) is 0 Å². The Morgan fingerprint density at radius 1 is 1.20 bits per heavy atom. The van der Waals surface area contributed by atoms with Crippen molar-refractivity contribution in [2.24, 2.45) is 0 Å². The van der Waals surface area contributed by atoms with Crippen molar-refractivity contribution in [3.05, 3.63) is 66.5 Å². The molecule has 1 N–H and O–H groups in total. The van der Waals surface area contributed by atoms with Gasteiger partial charge in [0.1, 0.15) is 28.1 Å². The van der Waals surface area contributed by atoms with E-state index in [0.29, 0.717) is 36.7 Å². The summed E-state index contributed by atoms with van der Waals surface area (Å²) in [6, 6.07) is 8.37. The number of pyridine rings is 1. The Bertz CT molecular complexity index is 1140. The normalized spacial score (nSPS) is 17.1. The first-order valence-corrected chi connectivity index (χ1v) is 10.8. The number of nitrogens with one attached hydrogen (secondary N) is 1. The number of hydrogen-bond donors (Lipinski definition) is 1. The molecule has 1 saturated heterocycles. The summed E-state index contributed by atoms with van der Waals surface area (Å²) < 4.78 is 47.0. The summed E-state index contributed by atoms with van der Waals surface area (Å²) in [5, 5.41) is 3.06. The minimum absolute atomic E-state index is 0.0960. The lowest BCUT2D eigenvalue weighted by Crippen LogP contribution is -2.31. The number of halogens is 1. The summed E-state index contributed by atoms with van der Waals surface area (Å²) in [6.45, 7) is 0.298. The number of aromatic nitrogens is 3. The van der Waals surface area contributed by atoms with E-state index in [1.807, 2.05) is 6.07 Å². The standard InChI is InChI=1S/C20H20FN5O3S/c1-29-17-8-7-14(21)11-18(17)30(27,28)26-10-4-5-16(26)15-12-22-13-20(24-15)25-19-6-2-3-9-23-19/h2-3,6-9,11-13,16H,4-5,10H2,1H3,(H,23,24,25)/t16-/m1/s1. The third-order valence-corrected chi connectivity index (χ3v) is 6.76. The van der Waals surface area contributed by atoms with Crippen molar-refractivity contribution in [3.63, 3.8) is 0 Å². The number of nitrogens with zero attached hydrogens (tertiary/aromatic N) is 4. The Labute approximate surface area is 173 Å². The molecule has 0 spiro atoms. The molecule has 8 nitrogen and oxygen atoms in total. The number of ether oxygens (including phenoxy) is 1. The largest absolute Gasteiger partial charge is 0.495 e. The molecule has 3 heterocycles. The molecule has 1 aliphatic heterocycles. The maximum atomic E-state index is 13.8. The van der Waals surface area contributed by atoms with Crippen molar-refractivity contribution in [2.45, 2.75) is 23.8 Å². The molecular weight excluding hydrogens is 409 g/mol. The molecule has 0 aliphatic carbocycles. The second-order valence-corrected chi connectivity index (χ2v) is 8.60. The lowest BCUT2D eigenvalue weighted by Gasteiger charge is -2.24. The van der Waals surface area contributed by atoms with Crippen LogP contribution in [0.3, 0.4) is 0 Å². The third-order valence-electron chi connectivity index (χ3n) is 4.83. The van der Waals surface area contributed by atoms with Crippen LogP contribution in [0.2, 0.25) is 0 Å². The predicted octanol–water partition coefficient (Wildman–Crippen LogP) is 3.29. The summed E-state index contributed by atoms with van der Waals surface area (Å²) in [5.74, 6) is 0.508.